The van der Waals surface area contributed by atoms with Crippen LogP contribution in [0.3, 0.4) is 0 Å². The topological polar surface area (TPSA) is 35.2 Å². The number of hydrogen-bond acceptors (Lipinski definition) is 3. The molecule has 0 bridgehead atoms. The molecule has 0 saturated heterocycles. The minimum absolute atomic E-state index is 0.324. The normalized spacial score (nSPS) is 12.9. The number of nitrogens with two attached hydrogens (primary N) is 1. The Kier molecular flexibility index (Phi) is 6.64. The van der Waals surface area contributed by atoms with Crippen LogP contribution in [-0.2, 0) is 11.2 Å². The Morgan fingerprint density at radius 2 is 2.33 bits per heavy atom. The van der Waals surface area contributed by atoms with Crippen molar-refractivity contribution in [3.05, 3.63) is 22.4 Å². The van der Waals surface area contributed by atoms with E-state index in [1.165, 1.54) is 5.56 Å². The molecule has 0 aliphatic rings. The molecule has 0 spiro atoms. The van der Waals surface area contributed by atoms with Gasteiger partial charge in [0.1, 0.15) is 0 Å². The number of rotatable bonds is 8. The Balaban J connectivity index is 2.01. The summed E-state index contributed by atoms with van der Waals surface area (Å²) in [6.07, 6.45) is 4.35. The number of thiophene rings is 1. The van der Waals surface area contributed by atoms with Gasteiger partial charge in [-0.25, -0.2) is 0 Å². The van der Waals surface area contributed by atoms with Crippen molar-refractivity contribution in [3.8, 4) is 0 Å². The Bertz CT molecular complexity index is 236. The zero-order valence-corrected chi connectivity index (χ0v) is 10.3. The second-order valence-electron chi connectivity index (χ2n) is 3.77. The van der Waals surface area contributed by atoms with Gasteiger partial charge < -0.3 is 10.5 Å². The molecule has 0 aliphatic carbocycles. The summed E-state index contributed by atoms with van der Waals surface area (Å²) in [6, 6.07) is 2.50. The first-order valence-electron chi connectivity index (χ1n) is 5.67. The fraction of sp³-hybridized carbons (Fsp3) is 0.667. The van der Waals surface area contributed by atoms with E-state index >= 15 is 0 Å². The zero-order valence-electron chi connectivity index (χ0n) is 9.45. The van der Waals surface area contributed by atoms with Gasteiger partial charge in [0.05, 0.1) is 0 Å². The van der Waals surface area contributed by atoms with E-state index in [0.29, 0.717) is 6.04 Å². The summed E-state index contributed by atoms with van der Waals surface area (Å²) in [4.78, 5) is 0. The van der Waals surface area contributed by atoms with Crippen LogP contribution in [0.15, 0.2) is 16.8 Å². The second-order valence-corrected chi connectivity index (χ2v) is 4.55. The maximum Gasteiger partial charge on any atom is 0.0466 e. The first-order valence-corrected chi connectivity index (χ1v) is 6.61. The van der Waals surface area contributed by atoms with Gasteiger partial charge in [-0.05, 0) is 55.0 Å². The van der Waals surface area contributed by atoms with Crippen LogP contribution in [0.25, 0.3) is 0 Å². The van der Waals surface area contributed by atoms with E-state index in [4.69, 9.17) is 10.5 Å². The molecule has 0 aliphatic heterocycles. The smallest absolute Gasteiger partial charge is 0.0466 e. The lowest BCUT2D eigenvalue weighted by molar-refractivity contribution is 0.141. The van der Waals surface area contributed by atoms with E-state index < -0.39 is 0 Å². The lowest BCUT2D eigenvalue weighted by Crippen LogP contribution is -2.21. The van der Waals surface area contributed by atoms with E-state index in [1.54, 1.807) is 11.3 Å². The van der Waals surface area contributed by atoms with E-state index in [-0.39, 0.29) is 0 Å². The van der Waals surface area contributed by atoms with E-state index in [2.05, 4.69) is 16.8 Å². The first-order chi connectivity index (χ1) is 7.33. The van der Waals surface area contributed by atoms with Crippen LogP contribution in [0.5, 0.6) is 0 Å². The minimum Gasteiger partial charge on any atom is -0.382 e. The van der Waals surface area contributed by atoms with Gasteiger partial charge in [-0.1, -0.05) is 0 Å². The molecule has 1 rings (SSSR count). The van der Waals surface area contributed by atoms with Crippen LogP contribution in [0.4, 0.5) is 0 Å². The lowest BCUT2D eigenvalue weighted by atomic mass is 10.0. The SMILES string of the molecule is CCOCCCC(N)CCc1ccsc1. The Labute approximate surface area is 96.4 Å². The first kappa shape index (κ1) is 12.7. The summed E-state index contributed by atoms with van der Waals surface area (Å²) in [6.45, 7) is 3.68. The molecule has 1 heterocycles. The summed E-state index contributed by atoms with van der Waals surface area (Å²) >= 11 is 1.75. The molecule has 1 aromatic rings. The maximum absolute atomic E-state index is 6.02. The molecule has 0 radical (unpaired) electrons. The molecular weight excluding hydrogens is 206 g/mol. The predicted molar refractivity (Wildman–Crippen MR) is 66.3 cm³/mol. The van der Waals surface area contributed by atoms with Crippen molar-refractivity contribution in [2.45, 2.75) is 38.6 Å². The molecule has 86 valence electrons. The van der Waals surface area contributed by atoms with Gasteiger partial charge in [0, 0.05) is 19.3 Å². The van der Waals surface area contributed by atoms with Crippen molar-refractivity contribution in [2.24, 2.45) is 5.73 Å². The third-order valence-electron chi connectivity index (χ3n) is 2.45. The third-order valence-corrected chi connectivity index (χ3v) is 3.18. The van der Waals surface area contributed by atoms with Crippen molar-refractivity contribution in [2.75, 3.05) is 13.2 Å². The summed E-state index contributed by atoms with van der Waals surface area (Å²) in [5.74, 6) is 0. The van der Waals surface area contributed by atoms with Crippen LogP contribution < -0.4 is 5.73 Å². The quantitative estimate of drug-likeness (QED) is 0.693. The predicted octanol–water partition coefficient (Wildman–Crippen LogP) is 2.82. The highest BCUT2D eigenvalue weighted by Gasteiger charge is 2.03. The summed E-state index contributed by atoms with van der Waals surface area (Å²) in [5.41, 5.74) is 7.44. The molecule has 1 unspecified atom stereocenters. The molecule has 0 fully saturated rings. The summed E-state index contributed by atoms with van der Waals surface area (Å²) < 4.78 is 5.28. The lowest BCUT2D eigenvalue weighted by Gasteiger charge is -2.10. The average Bonchev–Trinajstić information content (AvgIpc) is 2.74. The van der Waals surface area contributed by atoms with Gasteiger partial charge in [0.15, 0.2) is 0 Å². The molecule has 0 saturated carbocycles. The summed E-state index contributed by atoms with van der Waals surface area (Å²) in [5, 5.41) is 4.32. The molecule has 2 N–H and O–H groups in total. The van der Waals surface area contributed by atoms with Gasteiger partial charge in [-0.2, -0.15) is 11.3 Å². The van der Waals surface area contributed by atoms with Crippen LogP contribution in [0, 0.1) is 0 Å². The van der Waals surface area contributed by atoms with Gasteiger partial charge in [-0.15, -0.1) is 0 Å². The molecular formula is C12H21NOS. The second kappa shape index (κ2) is 7.85. The fourth-order valence-electron chi connectivity index (χ4n) is 1.52. The van der Waals surface area contributed by atoms with Gasteiger partial charge in [0.2, 0.25) is 0 Å². The Morgan fingerprint density at radius 1 is 1.47 bits per heavy atom. The van der Waals surface area contributed by atoms with E-state index in [1.807, 2.05) is 6.92 Å². The molecule has 3 heteroatoms. The molecule has 0 aromatic carbocycles. The molecule has 1 atom stereocenters. The molecule has 15 heavy (non-hydrogen) atoms. The van der Waals surface area contributed by atoms with E-state index in [9.17, 15) is 0 Å². The van der Waals surface area contributed by atoms with Gasteiger partial charge in [-0.3, -0.25) is 0 Å². The standard InChI is InChI=1S/C12H21NOS/c1-2-14-8-3-4-12(13)6-5-11-7-9-15-10-11/h7,9-10,12H,2-6,8,13H2,1H3. The van der Waals surface area contributed by atoms with Crippen LogP contribution >= 0.6 is 11.3 Å². The maximum atomic E-state index is 6.02. The third kappa shape index (κ3) is 5.92. The number of aryl methyl sites for hydroxylation is 1. The van der Waals surface area contributed by atoms with Crippen molar-refractivity contribution in [1.82, 2.24) is 0 Å². The zero-order chi connectivity index (χ0) is 10.9. The van der Waals surface area contributed by atoms with E-state index in [0.717, 1.165) is 38.9 Å². The fourth-order valence-corrected chi connectivity index (χ4v) is 2.23. The number of ether oxygens (including phenoxy) is 1. The highest BCUT2D eigenvalue weighted by molar-refractivity contribution is 7.07. The van der Waals surface area contributed by atoms with Crippen molar-refractivity contribution < 1.29 is 4.74 Å². The van der Waals surface area contributed by atoms with Crippen LogP contribution in [0.2, 0.25) is 0 Å². The van der Waals surface area contributed by atoms with Crippen molar-refractivity contribution >= 4 is 11.3 Å². The largest absolute Gasteiger partial charge is 0.382 e. The average molecular weight is 227 g/mol. The van der Waals surface area contributed by atoms with Crippen LogP contribution in [-0.4, -0.2) is 19.3 Å². The van der Waals surface area contributed by atoms with Gasteiger partial charge >= 0.3 is 0 Å². The minimum atomic E-state index is 0.324. The highest BCUT2D eigenvalue weighted by Crippen LogP contribution is 2.10. The van der Waals surface area contributed by atoms with Crippen molar-refractivity contribution in [1.29, 1.82) is 0 Å². The summed E-state index contributed by atoms with van der Waals surface area (Å²) in [7, 11) is 0. The Hall–Kier alpha value is -0.380. The highest BCUT2D eigenvalue weighted by atomic mass is 32.1. The van der Waals surface area contributed by atoms with Crippen molar-refractivity contribution in [3.63, 3.8) is 0 Å². The number of hydrogen-bond donors (Lipinski definition) is 1. The molecule has 0 amide bonds. The Morgan fingerprint density at radius 3 is 3.00 bits per heavy atom. The van der Waals surface area contributed by atoms with Gasteiger partial charge in [0.25, 0.3) is 0 Å². The molecule has 2 nitrogen and oxygen atoms in total. The monoisotopic (exact) mass is 227 g/mol. The molecule has 1 aromatic heterocycles. The van der Waals surface area contributed by atoms with Crippen LogP contribution in [0.1, 0.15) is 31.7 Å².